The van der Waals surface area contributed by atoms with E-state index < -0.39 is 0 Å². The van der Waals surface area contributed by atoms with Crippen molar-refractivity contribution in [3.8, 4) is 11.5 Å². The van der Waals surface area contributed by atoms with Crippen LogP contribution >= 0.6 is 11.6 Å². The number of piperazine rings is 1. The first-order valence-corrected chi connectivity index (χ1v) is 8.56. The topological polar surface area (TPSA) is 44.7 Å². The van der Waals surface area contributed by atoms with E-state index >= 15 is 0 Å². The molecular weight excluding hydrogens is 300 g/mol. The first-order chi connectivity index (χ1) is 10.7. The Morgan fingerprint density at radius 1 is 1.32 bits per heavy atom. The number of phenols is 1. The molecule has 124 valence electrons. The van der Waals surface area contributed by atoms with E-state index in [1.807, 2.05) is 12.1 Å². The van der Waals surface area contributed by atoms with Gasteiger partial charge in [-0.25, -0.2) is 0 Å². The van der Waals surface area contributed by atoms with Crippen LogP contribution < -0.4 is 10.1 Å². The molecule has 1 fully saturated rings. The number of methoxy groups -OCH3 is 1. The van der Waals surface area contributed by atoms with E-state index in [9.17, 15) is 5.11 Å². The standard InChI is InChI=1S/C17H27ClN2O2/c1-3-4-5-6-15(20-9-7-19-8-10-20)13-11-14(18)17(21)16(12-13)22-2/h11-12,15,19,21H,3-10H2,1-2H3/t15-/m1/s1. The Hall–Kier alpha value is -0.970. The van der Waals surface area contributed by atoms with Gasteiger partial charge < -0.3 is 15.2 Å². The molecule has 1 aliphatic rings. The van der Waals surface area contributed by atoms with E-state index in [1.54, 1.807) is 7.11 Å². The lowest BCUT2D eigenvalue weighted by atomic mass is 9.97. The minimum Gasteiger partial charge on any atom is -0.503 e. The van der Waals surface area contributed by atoms with Crippen LogP contribution in [0.25, 0.3) is 0 Å². The van der Waals surface area contributed by atoms with Gasteiger partial charge >= 0.3 is 0 Å². The lowest BCUT2D eigenvalue weighted by molar-refractivity contribution is 0.162. The zero-order valence-electron chi connectivity index (χ0n) is 13.6. The van der Waals surface area contributed by atoms with Gasteiger partial charge in [0.05, 0.1) is 12.1 Å². The molecule has 1 atom stereocenters. The molecule has 5 heteroatoms. The number of halogens is 1. The van der Waals surface area contributed by atoms with Gasteiger partial charge in [-0.2, -0.15) is 0 Å². The highest BCUT2D eigenvalue weighted by Gasteiger charge is 2.23. The van der Waals surface area contributed by atoms with Gasteiger partial charge in [0.1, 0.15) is 0 Å². The fourth-order valence-electron chi connectivity index (χ4n) is 3.08. The second-order valence-corrected chi connectivity index (χ2v) is 6.26. The summed E-state index contributed by atoms with van der Waals surface area (Å²) in [5, 5.41) is 13.7. The minimum absolute atomic E-state index is 0.0283. The maximum Gasteiger partial charge on any atom is 0.176 e. The number of ether oxygens (including phenoxy) is 1. The number of rotatable bonds is 7. The Balaban J connectivity index is 2.24. The molecule has 0 saturated carbocycles. The SMILES string of the molecule is CCCCC[C@H](c1cc(Cl)c(O)c(OC)c1)N1CCNCC1. The van der Waals surface area contributed by atoms with Crippen molar-refractivity contribution in [3.05, 3.63) is 22.7 Å². The summed E-state index contributed by atoms with van der Waals surface area (Å²) in [5.41, 5.74) is 1.14. The predicted octanol–water partition coefficient (Wildman–Crippen LogP) is 3.58. The molecule has 0 bridgehead atoms. The van der Waals surface area contributed by atoms with E-state index in [2.05, 4.69) is 17.1 Å². The highest BCUT2D eigenvalue weighted by Crippen LogP contribution is 2.39. The Labute approximate surface area is 138 Å². The van der Waals surface area contributed by atoms with Crippen molar-refractivity contribution in [2.45, 2.75) is 38.6 Å². The summed E-state index contributed by atoms with van der Waals surface area (Å²) in [6.07, 6.45) is 4.77. The van der Waals surface area contributed by atoms with E-state index in [4.69, 9.17) is 16.3 Å². The predicted molar refractivity (Wildman–Crippen MR) is 91.0 cm³/mol. The van der Waals surface area contributed by atoms with Crippen molar-refractivity contribution < 1.29 is 9.84 Å². The summed E-state index contributed by atoms with van der Waals surface area (Å²) in [7, 11) is 1.56. The van der Waals surface area contributed by atoms with Gasteiger partial charge in [0.15, 0.2) is 11.5 Å². The number of hydrogen-bond acceptors (Lipinski definition) is 4. The summed E-state index contributed by atoms with van der Waals surface area (Å²) in [5.74, 6) is 0.485. The Kier molecular flexibility index (Phi) is 6.80. The number of unbranched alkanes of at least 4 members (excludes halogenated alkanes) is 2. The molecule has 0 amide bonds. The summed E-state index contributed by atoms with van der Waals surface area (Å²) < 4.78 is 5.26. The molecule has 0 unspecified atom stereocenters. The molecule has 1 aromatic rings. The number of phenolic OH excluding ortho intramolecular Hbond substituents is 1. The van der Waals surface area contributed by atoms with Crippen LogP contribution in [0.5, 0.6) is 11.5 Å². The maximum absolute atomic E-state index is 9.95. The van der Waals surface area contributed by atoms with Crippen LogP contribution in [0.4, 0.5) is 0 Å². The maximum atomic E-state index is 9.95. The van der Waals surface area contributed by atoms with Crippen LogP contribution in [0.3, 0.4) is 0 Å². The average Bonchev–Trinajstić information content (AvgIpc) is 2.55. The first kappa shape index (κ1) is 17.4. The number of nitrogens with zero attached hydrogens (tertiary/aromatic N) is 1. The molecule has 1 heterocycles. The smallest absolute Gasteiger partial charge is 0.176 e. The van der Waals surface area contributed by atoms with Crippen molar-refractivity contribution in [1.29, 1.82) is 0 Å². The summed E-state index contributed by atoms with van der Waals surface area (Å²) in [6.45, 7) is 6.34. The number of benzene rings is 1. The normalized spacial score (nSPS) is 17.4. The molecule has 2 rings (SSSR count). The van der Waals surface area contributed by atoms with Gasteiger partial charge in [-0.1, -0.05) is 37.8 Å². The molecule has 1 aromatic carbocycles. The van der Waals surface area contributed by atoms with E-state index in [0.717, 1.165) is 38.2 Å². The number of aromatic hydroxyl groups is 1. The monoisotopic (exact) mass is 326 g/mol. The van der Waals surface area contributed by atoms with Crippen molar-refractivity contribution >= 4 is 11.6 Å². The highest BCUT2D eigenvalue weighted by molar-refractivity contribution is 6.32. The van der Waals surface area contributed by atoms with Crippen molar-refractivity contribution in [3.63, 3.8) is 0 Å². The van der Waals surface area contributed by atoms with Gasteiger partial charge in [0.25, 0.3) is 0 Å². The number of nitrogens with one attached hydrogen (secondary N) is 1. The van der Waals surface area contributed by atoms with Gasteiger partial charge in [0.2, 0.25) is 0 Å². The van der Waals surface area contributed by atoms with Crippen LogP contribution in [-0.4, -0.2) is 43.3 Å². The second kappa shape index (κ2) is 8.61. The van der Waals surface area contributed by atoms with Crippen LogP contribution in [0.2, 0.25) is 5.02 Å². The Morgan fingerprint density at radius 3 is 2.68 bits per heavy atom. The number of hydrogen-bond donors (Lipinski definition) is 2. The lowest BCUT2D eigenvalue weighted by Gasteiger charge is -2.35. The van der Waals surface area contributed by atoms with E-state index in [1.165, 1.54) is 19.3 Å². The molecule has 0 spiro atoms. The molecule has 1 saturated heterocycles. The van der Waals surface area contributed by atoms with Crippen LogP contribution in [0, 0.1) is 0 Å². The summed E-state index contributed by atoms with van der Waals surface area (Å²) in [6, 6.07) is 4.15. The van der Waals surface area contributed by atoms with Gasteiger partial charge in [-0.3, -0.25) is 4.90 Å². The first-order valence-electron chi connectivity index (χ1n) is 8.18. The molecule has 0 radical (unpaired) electrons. The molecule has 1 aliphatic heterocycles. The Bertz CT molecular complexity index is 476. The third-order valence-electron chi connectivity index (χ3n) is 4.33. The largest absolute Gasteiger partial charge is 0.503 e. The highest BCUT2D eigenvalue weighted by atomic mass is 35.5. The minimum atomic E-state index is 0.0283. The third kappa shape index (κ3) is 4.28. The van der Waals surface area contributed by atoms with Gasteiger partial charge in [0, 0.05) is 32.2 Å². The molecule has 0 aromatic heterocycles. The molecule has 4 nitrogen and oxygen atoms in total. The molecular formula is C17H27ClN2O2. The van der Waals surface area contributed by atoms with Crippen LogP contribution in [-0.2, 0) is 0 Å². The molecule has 0 aliphatic carbocycles. The Morgan fingerprint density at radius 2 is 2.05 bits per heavy atom. The summed E-state index contributed by atoms with van der Waals surface area (Å²) in [4.78, 5) is 2.51. The van der Waals surface area contributed by atoms with E-state index in [-0.39, 0.29) is 5.75 Å². The zero-order valence-corrected chi connectivity index (χ0v) is 14.3. The van der Waals surface area contributed by atoms with Crippen molar-refractivity contribution in [2.24, 2.45) is 0 Å². The van der Waals surface area contributed by atoms with Crippen molar-refractivity contribution in [1.82, 2.24) is 10.2 Å². The van der Waals surface area contributed by atoms with Gasteiger partial charge in [-0.15, -0.1) is 0 Å². The fourth-order valence-corrected chi connectivity index (χ4v) is 3.30. The molecule has 2 N–H and O–H groups in total. The van der Waals surface area contributed by atoms with E-state index in [0.29, 0.717) is 16.8 Å². The average molecular weight is 327 g/mol. The van der Waals surface area contributed by atoms with Crippen LogP contribution in [0.1, 0.15) is 44.2 Å². The van der Waals surface area contributed by atoms with Gasteiger partial charge in [-0.05, 0) is 24.1 Å². The lowest BCUT2D eigenvalue weighted by Crippen LogP contribution is -2.45. The van der Waals surface area contributed by atoms with Crippen LogP contribution in [0.15, 0.2) is 12.1 Å². The fraction of sp³-hybridized carbons (Fsp3) is 0.647. The second-order valence-electron chi connectivity index (χ2n) is 5.85. The molecule has 22 heavy (non-hydrogen) atoms. The quantitative estimate of drug-likeness (QED) is 0.752. The van der Waals surface area contributed by atoms with Crippen molar-refractivity contribution in [2.75, 3.05) is 33.3 Å². The summed E-state index contributed by atoms with van der Waals surface area (Å²) >= 11 is 6.18. The zero-order chi connectivity index (χ0) is 15.9. The third-order valence-corrected chi connectivity index (χ3v) is 4.62.